The number of aliphatic hydroxyl groups excluding tert-OH is 1. The van der Waals surface area contributed by atoms with Gasteiger partial charge in [-0.05, 0) is 38.2 Å². The van der Waals surface area contributed by atoms with Gasteiger partial charge < -0.3 is 15.4 Å². The highest BCUT2D eigenvalue weighted by Gasteiger charge is 2.21. The van der Waals surface area contributed by atoms with Crippen molar-refractivity contribution in [2.75, 3.05) is 6.54 Å². The van der Waals surface area contributed by atoms with Crippen LogP contribution in [0.3, 0.4) is 0 Å². The summed E-state index contributed by atoms with van der Waals surface area (Å²) in [7, 11) is 0. The Morgan fingerprint density at radius 3 is 2.89 bits per heavy atom. The van der Waals surface area contributed by atoms with E-state index in [1.807, 2.05) is 0 Å². The SMILES string of the molecule is CC(=O)c1c[nH]c(C(=O)NCC2CCCC(O)C2)c1. The van der Waals surface area contributed by atoms with Gasteiger partial charge in [0, 0.05) is 18.3 Å². The van der Waals surface area contributed by atoms with E-state index in [4.69, 9.17) is 0 Å². The molecule has 3 N–H and O–H groups in total. The first-order chi connectivity index (χ1) is 9.06. The van der Waals surface area contributed by atoms with Crippen molar-refractivity contribution in [2.24, 2.45) is 5.92 Å². The number of ketones is 1. The molecule has 1 saturated carbocycles. The minimum absolute atomic E-state index is 0.0642. The maximum atomic E-state index is 11.9. The van der Waals surface area contributed by atoms with E-state index in [0.29, 0.717) is 23.7 Å². The standard InChI is InChI=1S/C14H20N2O3/c1-9(17)11-6-13(15-8-11)14(19)16-7-10-3-2-4-12(18)5-10/h6,8,10,12,15,18H,2-5,7H2,1H3,(H,16,19). The van der Waals surface area contributed by atoms with Crippen LogP contribution in [0.25, 0.3) is 0 Å². The topological polar surface area (TPSA) is 82.2 Å². The fourth-order valence-electron chi connectivity index (χ4n) is 2.51. The van der Waals surface area contributed by atoms with Crippen molar-refractivity contribution in [3.8, 4) is 0 Å². The Morgan fingerprint density at radius 1 is 1.47 bits per heavy atom. The van der Waals surface area contributed by atoms with E-state index in [1.165, 1.54) is 6.92 Å². The van der Waals surface area contributed by atoms with Gasteiger partial charge in [-0.3, -0.25) is 9.59 Å². The summed E-state index contributed by atoms with van der Waals surface area (Å²) in [5, 5.41) is 12.4. The molecule has 2 unspecified atom stereocenters. The molecule has 2 rings (SSSR count). The average molecular weight is 264 g/mol. The summed E-state index contributed by atoms with van der Waals surface area (Å²) in [4.78, 5) is 25.8. The van der Waals surface area contributed by atoms with Crippen LogP contribution in [0.4, 0.5) is 0 Å². The van der Waals surface area contributed by atoms with Crippen LogP contribution in [0.5, 0.6) is 0 Å². The molecule has 1 aliphatic carbocycles. The van der Waals surface area contributed by atoms with Gasteiger partial charge in [-0.15, -0.1) is 0 Å². The predicted octanol–water partition coefficient (Wildman–Crippen LogP) is 1.50. The first kappa shape index (κ1) is 13.8. The number of aliphatic hydroxyl groups is 1. The number of hydrogen-bond acceptors (Lipinski definition) is 3. The summed E-state index contributed by atoms with van der Waals surface area (Å²) in [6.07, 6.45) is 4.99. The van der Waals surface area contributed by atoms with Crippen LogP contribution in [-0.2, 0) is 0 Å². The van der Waals surface area contributed by atoms with Crippen molar-refractivity contribution >= 4 is 11.7 Å². The fourth-order valence-corrected chi connectivity index (χ4v) is 2.51. The summed E-state index contributed by atoms with van der Waals surface area (Å²) in [5.41, 5.74) is 0.916. The van der Waals surface area contributed by atoms with Crippen LogP contribution in [0.2, 0.25) is 0 Å². The van der Waals surface area contributed by atoms with Crippen LogP contribution in [0.15, 0.2) is 12.3 Å². The zero-order valence-electron chi connectivity index (χ0n) is 11.1. The monoisotopic (exact) mass is 264 g/mol. The molecule has 1 amide bonds. The van der Waals surface area contributed by atoms with Crippen LogP contribution in [0.1, 0.15) is 53.5 Å². The first-order valence-electron chi connectivity index (χ1n) is 6.72. The smallest absolute Gasteiger partial charge is 0.267 e. The van der Waals surface area contributed by atoms with Gasteiger partial charge in [0.1, 0.15) is 5.69 Å². The number of hydrogen-bond donors (Lipinski definition) is 3. The van der Waals surface area contributed by atoms with Crippen LogP contribution in [0, 0.1) is 5.92 Å². The Labute approximate surface area is 112 Å². The maximum absolute atomic E-state index is 11.9. The number of aromatic amines is 1. The van der Waals surface area contributed by atoms with Crippen molar-refractivity contribution in [1.82, 2.24) is 10.3 Å². The van der Waals surface area contributed by atoms with E-state index in [2.05, 4.69) is 10.3 Å². The van der Waals surface area contributed by atoms with Crippen molar-refractivity contribution in [3.05, 3.63) is 23.5 Å². The minimum atomic E-state index is -0.231. The molecule has 0 saturated heterocycles. The third-order valence-electron chi connectivity index (χ3n) is 3.64. The van der Waals surface area contributed by atoms with Gasteiger partial charge in [-0.2, -0.15) is 0 Å². The lowest BCUT2D eigenvalue weighted by molar-refractivity contribution is 0.0870. The summed E-state index contributed by atoms with van der Waals surface area (Å²) in [5.74, 6) is 0.0770. The van der Waals surface area contributed by atoms with Crippen LogP contribution in [-0.4, -0.2) is 34.4 Å². The second kappa shape index (κ2) is 6.02. The number of carbonyl (C=O) groups is 2. The van der Waals surface area contributed by atoms with E-state index in [1.54, 1.807) is 12.3 Å². The lowest BCUT2D eigenvalue weighted by atomic mass is 9.87. The molecule has 1 heterocycles. The molecule has 0 aromatic carbocycles. The van der Waals surface area contributed by atoms with E-state index in [0.717, 1.165) is 25.7 Å². The van der Waals surface area contributed by atoms with Crippen molar-refractivity contribution < 1.29 is 14.7 Å². The molecule has 5 heteroatoms. The molecule has 5 nitrogen and oxygen atoms in total. The van der Waals surface area contributed by atoms with Gasteiger partial charge in [-0.25, -0.2) is 0 Å². The molecule has 0 radical (unpaired) electrons. The van der Waals surface area contributed by atoms with Crippen LogP contribution < -0.4 is 5.32 Å². The molecular weight excluding hydrogens is 244 g/mol. The van der Waals surface area contributed by atoms with Crippen LogP contribution >= 0.6 is 0 Å². The highest BCUT2D eigenvalue weighted by molar-refractivity contribution is 5.99. The second-order valence-corrected chi connectivity index (χ2v) is 5.25. The Bertz CT molecular complexity index is 467. The predicted molar refractivity (Wildman–Crippen MR) is 71.1 cm³/mol. The molecular formula is C14H20N2O3. The number of carbonyl (C=O) groups excluding carboxylic acids is 2. The second-order valence-electron chi connectivity index (χ2n) is 5.25. The van der Waals surface area contributed by atoms with E-state index in [9.17, 15) is 14.7 Å². The van der Waals surface area contributed by atoms with Gasteiger partial charge in [0.05, 0.1) is 6.10 Å². The molecule has 1 aromatic rings. The fraction of sp³-hybridized carbons (Fsp3) is 0.571. The molecule has 0 bridgehead atoms. The Kier molecular flexibility index (Phi) is 4.37. The summed E-state index contributed by atoms with van der Waals surface area (Å²) < 4.78 is 0. The highest BCUT2D eigenvalue weighted by Crippen LogP contribution is 2.23. The average Bonchev–Trinajstić information content (AvgIpc) is 2.86. The van der Waals surface area contributed by atoms with E-state index < -0.39 is 0 Å². The number of nitrogens with one attached hydrogen (secondary N) is 2. The summed E-state index contributed by atoms with van der Waals surface area (Å²) >= 11 is 0. The third kappa shape index (κ3) is 3.67. The van der Waals surface area contributed by atoms with Gasteiger partial charge >= 0.3 is 0 Å². The Morgan fingerprint density at radius 2 is 2.26 bits per heavy atom. The summed E-state index contributed by atoms with van der Waals surface area (Å²) in [6.45, 7) is 2.04. The Hall–Kier alpha value is -1.62. The van der Waals surface area contributed by atoms with Gasteiger partial charge in [0.15, 0.2) is 5.78 Å². The van der Waals surface area contributed by atoms with Gasteiger partial charge in [0.25, 0.3) is 5.91 Å². The number of rotatable bonds is 4. The van der Waals surface area contributed by atoms with Crippen molar-refractivity contribution in [2.45, 2.75) is 38.7 Å². The Balaban J connectivity index is 1.85. The normalized spacial score (nSPS) is 23.1. The minimum Gasteiger partial charge on any atom is -0.393 e. The number of Topliss-reactive ketones (excluding diaryl/α,β-unsaturated/α-hetero) is 1. The van der Waals surface area contributed by atoms with E-state index >= 15 is 0 Å². The molecule has 0 aliphatic heterocycles. The quantitative estimate of drug-likeness (QED) is 0.721. The first-order valence-corrected chi connectivity index (χ1v) is 6.72. The molecule has 1 fully saturated rings. The molecule has 104 valence electrons. The van der Waals surface area contributed by atoms with Crippen molar-refractivity contribution in [3.63, 3.8) is 0 Å². The molecule has 2 atom stereocenters. The maximum Gasteiger partial charge on any atom is 0.267 e. The molecule has 19 heavy (non-hydrogen) atoms. The third-order valence-corrected chi connectivity index (χ3v) is 3.64. The van der Waals surface area contributed by atoms with Gasteiger partial charge in [-0.1, -0.05) is 6.42 Å². The largest absolute Gasteiger partial charge is 0.393 e. The molecule has 1 aromatic heterocycles. The number of aromatic nitrogens is 1. The highest BCUT2D eigenvalue weighted by atomic mass is 16.3. The van der Waals surface area contributed by atoms with Crippen molar-refractivity contribution in [1.29, 1.82) is 0 Å². The molecule has 1 aliphatic rings. The summed E-state index contributed by atoms with van der Waals surface area (Å²) in [6, 6.07) is 1.56. The molecule has 0 spiro atoms. The van der Waals surface area contributed by atoms with Gasteiger partial charge in [0.2, 0.25) is 0 Å². The number of amides is 1. The zero-order chi connectivity index (χ0) is 13.8. The van der Waals surface area contributed by atoms with E-state index in [-0.39, 0.29) is 17.8 Å². The lowest BCUT2D eigenvalue weighted by Crippen LogP contribution is -2.33. The lowest BCUT2D eigenvalue weighted by Gasteiger charge is -2.25. The number of H-pyrrole nitrogens is 1. The zero-order valence-corrected chi connectivity index (χ0v) is 11.1.